The second kappa shape index (κ2) is 5.81. The summed E-state index contributed by atoms with van der Waals surface area (Å²) in [6, 6.07) is 6.81. The van der Waals surface area contributed by atoms with Gasteiger partial charge in [0.25, 0.3) is 5.91 Å². The third-order valence-electron chi connectivity index (χ3n) is 3.26. The molecule has 19 heavy (non-hydrogen) atoms. The Hall–Kier alpha value is -1.92. The molecule has 2 rings (SSSR count). The zero-order valence-electron chi connectivity index (χ0n) is 10.6. The molecule has 0 fully saturated rings. The summed E-state index contributed by atoms with van der Waals surface area (Å²) in [6.07, 6.45) is 0.593. The Morgan fingerprint density at radius 2 is 2.05 bits per heavy atom. The van der Waals surface area contributed by atoms with Gasteiger partial charge in [0.05, 0.1) is 6.04 Å². The van der Waals surface area contributed by atoms with E-state index in [0.29, 0.717) is 13.0 Å². The van der Waals surface area contributed by atoms with E-state index >= 15 is 0 Å². The Kier molecular flexibility index (Phi) is 4.13. The minimum absolute atomic E-state index is 0.245. The maximum absolute atomic E-state index is 12.0. The van der Waals surface area contributed by atoms with Crippen LogP contribution < -0.4 is 16.1 Å². The minimum Gasteiger partial charge on any atom is -0.343 e. The lowest BCUT2D eigenvalue weighted by molar-refractivity contribution is -0.134. The first-order valence-corrected chi connectivity index (χ1v) is 6.16. The molecule has 0 saturated carbocycles. The number of benzene rings is 1. The van der Waals surface area contributed by atoms with Crippen molar-refractivity contribution in [1.29, 1.82) is 0 Å². The average Bonchev–Trinajstić information content (AvgIpc) is 2.45. The monoisotopic (exact) mass is 263 g/mol. The summed E-state index contributed by atoms with van der Waals surface area (Å²) in [5.41, 5.74) is 3.84. The third kappa shape index (κ3) is 3.10. The van der Waals surface area contributed by atoms with Gasteiger partial charge in [-0.3, -0.25) is 14.8 Å². The normalized spacial score (nSPS) is 19.2. The van der Waals surface area contributed by atoms with E-state index in [1.807, 2.05) is 24.3 Å². The van der Waals surface area contributed by atoms with E-state index < -0.39 is 11.9 Å². The van der Waals surface area contributed by atoms with E-state index in [1.54, 1.807) is 0 Å². The van der Waals surface area contributed by atoms with Crippen LogP contribution in [-0.4, -0.2) is 29.1 Å². The van der Waals surface area contributed by atoms with Crippen LogP contribution >= 0.6 is 0 Å². The average molecular weight is 263 g/mol. The zero-order valence-corrected chi connectivity index (χ0v) is 10.6. The topological polar surface area (TPSA) is 90.5 Å². The van der Waals surface area contributed by atoms with Crippen molar-refractivity contribution in [3.05, 3.63) is 35.4 Å². The molecule has 0 aliphatic carbocycles. The Bertz CT molecular complexity index is 490. The Morgan fingerprint density at radius 1 is 1.37 bits per heavy atom. The van der Waals surface area contributed by atoms with Crippen LogP contribution in [0.15, 0.2) is 24.3 Å². The van der Waals surface area contributed by atoms with Gasteiger partial charge < -0.3 is 10.6 Å². The van der Waals surface area contributed by atoms with Crippen molar-refractivity contribution in [3.8, 4) is 0 Å². The van der Waals surface area contributed by atoms with Gasteiger partial charge in [-0.05, 0) is 24.5 Å². The SMILES string of the molecule is C[C@H](NC(=O)[C@@H]1Cc2ccccc2CN1)C(=O)NO. The van der Waals surface area contributed by atoms with Gasteiger partial charge >= 0.3 is 0 Å². The van der Waals surface area contributed by atoms with Gasteiger partial charge in [-0.2, -0.15) is 0 Å². The van der Waals surface area contributed by atoms with Crippen molar-refractivity contribution in [3.63, 3.8) is 0 Å². The molecule has 2 amide bonds. The van der Waals surface area contributed by atoms with Crippen LogP contribution in [0, 0.1) is 0 Å². The van der Waals surface area contributed by atoms with Crippen LogP contribution in [0.1, 0.15) is 18.1 Å². The molecule has 1 heterocycles. The molecule has 0 bridgehead atoms. The molecule has 0 spiro atoms. The smallest absolute Gasteiger partial charge is 0.265 e. The molecular weight excluding hydrogens is 246 g/mol. The zero-order chi connectivity index (χ0) is 13.8. The lowest BCUT2D eigenvalue weighted by Gasteiger charge is -2.26. The summed E-state index contributed by atoms with van der Waals surface area (Å²) < 4.78 is 0. The first-order valence-electron chi connectivity index (χ1n) is 6.16. The van der Waals surface area contributed by atoms with Gasteiger partial charge in [0.1, 0.15) is 6.04 Å². The van der Waals surface area contributed by atoms with Gasteiger partial charge in [-0.25, -0.2) is 5.48 Å². The van der Waals surface area contributed by atoms with Crippen molar-refractivity contribution in [1.82, 2.24) is 16.1 Å². The second-order valence-electron chi connectivity index (χ2n) is 4.61. The number of nitrogens with one attached hydrogen (secondary N) is 3. The highest BCUT2D eigenvalue weighted by Crippen LogP contribution is 2.16. The summed E-state index contributed by atoms with van der Waals surface area (Å²) in [4.78, 5) is 23.1. The van der Waals surface area contributed by atoms with Gasteiger partial charge in [0.15, 0.2) is 0 Å². The summed E-state index contributed by atoms with van der Waals surface area (Å²) in [5, 5.41) is 14.2. The molecule has 0 unspecified atom stereocenters. The van der Waals surface area contributed by atoms with Crippen LogP contribution in [0.5, 0.6) is 0 Å². The first-order chi connectivity index (χ1) is 9.11. The van der Waals surface area contributed by atoms with Crippen molar-refractivity contribution in [2.24, 2.45) is 0 Å². The molecular formula is C13H17N3O3. The number of carbonyl (C=O) groups excluding carboxylic acids is 2. The lowest BCUT2D eigenvalue weighted by atomic mass is 9.95. The van der Waals surface area contributed by atoms with Gasteiger partial charge in [-0.15, -0.1) is 0 Å². The van der Waals surface area contributed by atoms with Crippen molar-refractivity contribution < 1.29 is 14.8 Å². The van der Waals surface area contributed by atoms with E-state index in [0.717, 1.165) is 5.56 Å². The van der Waals surface area contributed by atoms with Crippen molar-refractivity contribution in [2.75, 3.05) is 0 Å². The molecule has 0 aromatic heterocycles. The van der Waals surface area contributed by atoms with Crippen molar-refractivity contribution >= 4 is 11.8 Å². The number of carbonyl (C=O) groups is 2. The van der Waals surface area contributed by atoms with E-state index in [2.05, 4.69) is 10.6 Å². The first kappa shape index (κ1) is 13.5. The number of hydrogen-bond acceptors (Lipinski definition) is 4. The van der Waals surface area contributed by atoms with Gasteiger partial charge in [-0.1, -0.05) is 24.3 Å². The number of hydroxylamine groups is 1. The quantitative estimate of drug-likeness (QED) is 0.445. The number of hydrogen-bond donors (Lipinski definition) is 4. The highest BCUT2D eigenvalue weighted by molar-refractivity contribution is 5.89. The predicted molar refractivity (Wildman–Crippen MR) is 68.3 cm³/mol. The minimum atomic E-state index is -0.767. The molecule has 6 nitrogen and oxygen atoms in total. The fraction of sp³-hybridized carbons (Fsp3) is 0.385. The molecule has 0 saturated heterocycles. The summed E-state index contributed by atoms with van der Waals surface area (Å²) in [6.45, 7) is 2.15. The maximum Gasteiger partial charge on any atom is 0.265 e. The van der Waals surface area contributed by atoms with Crippen LogP contribution in [0.3, 0.4) is 0 Å². The Morgan fingerprint density at radius 3 is 2.74 bits per heavy atom. The van der Waals surface area contributed by atoms with Crippen LogP contribution in [-0.2, 0) is 22.6 Å². The molecule has 2 atom stereocenters. The summed E-state index contributed by atoms with van der Waals surface area (Å²) in [5.74, 6) is -0.879. The molecule has 1 aromatic carbocycles. The van der Waals surface area contributed by atoms with Gasteiger partial charge in [0.2, 0.25) is 5.91 Å². The van der Waals surface area contributed by atoms with E-state index in [9.17, 15) is 9.59 Å². The third-order valence-corrected chi connectivity index (χ3v) is 3.26. The number of amides is 2. The fourth-order valence-electron chi connectivity index (χ4n) is 2.12. The fourth-order valence-corrected chi connectivity index (χ4v) is 2.12. The van der Waals surface area contributed by atoms with Crippen LogP contribution in [0.2, 0.25) is 0 Å². The largest absolute Gasteiger partial charge is 0.343 e. The summed E-state index contributed by atoms with van der Waals surface area (Å²) >= 11 is 0. The highest BCUT2D eigenvalue weighted by atomic mass is 16.5. The molecule has 1 aromatic rings. The Labute approximate surface area is 111 Å². The Balaban J connectivity index is 1.97. The molecule has 0 radical (unpaired) electrons. The summed E-state index contributed by atoms with van der Waals surface area (Å²) in [7, 11) is 0. The molecule has 1 aliphatic heterocycles. The molecule has 1 aliphatic rings. The second-order valence-corrected chi connectivity index (χ2v) is 4.61. The standard InChI is InChI=1S/C13H17N3O3/c1-8(12(17)16-19)15-13(18)11-6-9-4-2-3-5-10(9)7-14-11/h2-5,8,11,14,19H,6-7H2,1H3,(H,15,18)(H,16,17)/t8-,11-/m0/s1. The molecule has 4 N–H and O–H groups in total. The van der Waals surface area contributed by atoms with Crippen LogP contribution in [0.4, 0.5) is 0 Å². The highest BCUT2D eigenvalue weighted by Gasteiger charge is 2.26. The van der Waals surface area contributed by atoms with E-state index in [-0.39, 0.29) is 11.9 Å². The number of fused-ring (bicyclic) bond motifs is 1. The maximum atomic E-state index is 12.0. The van der Waals surface area contributed by atoms with Gasteiger partial charge in [0, 0.05) is 6.54 Å². The van der Waals surface area contributed by atoms with E-state index in [4.69, 9.17) is 5.21 Å². The molecule has 102 valence electrons. The number of rotatable bonds is 3. The van der Waals surface area contributed by atoms with E-state index in [1.165, 1.54) is 18.0 Å². The van der Waals surface area contributed by atoms with Crippen LogP contribution in [0.25, 0.3) is 0 Å². The lowest BCUT2D eigenvalue weighted by Crippen LogP contribution is -2.53. The predicted octanol–water partition coefficient (Wildman–Crippen LogP) is -0.289. The van der Waals surface area contributed by atoms with Crippen molar-refractivity contribution in [2.45, 2.75) is 32.0 Å². The molecule has 6 heteroatoms.